The van der Waals surface area contributed by atoms with Crippen LogP contribution in [0, 0.1) is 6.92 Å². The van der Waals surface area contributed by atoms with Crippen LogP contribution in [-0.4, -0.2) is 63.9 Å². The molecule has 3 heterocycles. The van der Waals surface area contributed by atoms with E-state index in [1.807, 2.05) is 17.5 Å². The molecule has 0 saturated carbocycles. The van der Waals surface area contributed by atoms with E-state index in [2.05, 4.69) is 25.4 Å². The van der Waals surface area contributed by atoms with Crippen molar-refractivity contribution >= 4 is 11.5 Å². The van der Waals surface area contributed by atoms with Gasteiger partial charge in [0.25, 0.3) is 0 Å². The zero-order valence-electron chi connectivity index (χ0n) is 11.0. The van der Waals surface area contributed by atoms with Crippen molar-refractivity contribution in [2.45, 2.75) is 6.92 Å². The number of nitrogens with one attached hydrogen (secondary N) is 1. The lowest BCUT2D eigenvalue weighted by Gasteiger charge is -2.26. The topological polar surface area (TPSA) is 67.6 Å². The molecule has 0 aliphatic carbocycles. The third-order valence-corrected chi connectivity index (χ3v) is 3.32. The molecule has 0 bridgehead atoms. The first-order chi connectivity index (χ1) is 9.34. The SMILES string of the molecule is Cc1nnc2c(NCCN3CCOCC3)nccn12. The molecule has 1 fully saturated rings. The third-order valence-electron chi connectivity index (χ3n) is 3.32. The molecule has 0 spiro atoms. The van der Waals surface area contributed by atoms with Crippen LogP contribution < -0.4 is 5.32 Å². The van der Waals surface area contributed by atoms with Gasteiger partial charge in [0.15, 0.2) is 5.82 Å². The number of aromatic nitrogens is 4. The summed E-state index contributed by atoms with van der Waals surface area (Å²) in [5.41, 5.74) is 0.780. The monoisotopic (exact) mass is 262 g/mol. The van der Waals surface area contributed by atoms with Crippen molar-refractivity contribution in [1.29, 1.82) is 0 Å². The molecule has 0 radical (unpaired) electrons. The van der Waals surface area contributed by atoms with Crippen molar-refractivity contribution in [2.24, 2.45) is 0 Å². The predicted octanol–water partition coefficient (Wildman–Crippen LogP) is 0.177. The molecule has 3 rings (SSSR count). The molecule has 1 saturated heterocycles. The van der Waals surface area contributed by atoms with Gasteiger partial charge in [-0.2, -0.15) is 0 Å². The molecule has 7 nitrogen and oxygen atoms in total. The highest BCUT2D eigenvalue weighted by molar-refractivity contribution is 5.61. The van der Waals surface area contributed by atoms with Crippen molar-refractivity contribution in [3.05, 3.63) is 18.2 Å². The lowest BCUT2D eigenvalue weighted by atomic mass is 10.4. The molecule has 2 aromatic rings. The minimum atomic E-state index is 0.780. The van der Waals surface area contributed by atoms with E-state index >= 15 is 0 Å². The van der Waals surface area contributed by atoms with Gasteiger partial charge in [-0.15, -0.1) is 10.2 Å². The highest BCUT2D eigenvalue weighted by Gasteiger charge is 2.11. The normalized spacial score (nSPS) is 16.9. The number of hydrogen-bond donors (Lipinski definition) is 1. The van der Waals surface area contributed by atoms with Crippen LogP contribution in [0.25, 0.3) is 5.65 Å². The van der Waals surface area contributed by atoms with E-state index in [1.54, 1.807) is 6.20 Å². The summed E-state index contributed by atoms with van der Waals surface area (Å²) in [5, 5.41) is 11.5. The summed E-state index contributed by atoms with van der Waals surface area (Å²) < 4.78 is 7.26. The van der Waals surface area contributed by atoms with Crippen molar-refractivity contribution in [2.75, 3.05) is 44.7 Å². The first-order valence-electron chi connectivity index (χ1n) is 6.55. The molecule has 0 atom stereocenters. The number of ether oxygens (including phenoxy) is 1. The predicted molar refractivity (Wildman–Crippen MR) is 71.3 cm³/mol. The maximum Gasteiger partial charge on any atom is 0.203 e. The van der Waals surface area contributed by atoms with E-state index in [0.29, 0.717) is 0 Å². The van der Waals surface area contributed by atoms with E-state index in [-0.39, 0.29) is 0 Å². The third kappa shape index (κ3) is 2.66. The van der Waals surface area contributed by atoms with Gasteiger partial charge in [0.05, 0.1) is 13.2 Å². The molecule has 102 valence electrons. The van der Waals surface area contributed by atoms with Gasteiger partial charge in [0, 0.05) is 38.6 Å². The lowest BCUT2D eigenvalue weighted by molar-refractivity contribution is 0.0398. The Balaban J connectivity index is 1.62. The van der Waals surface area contributed by atoms with E-state index in [4.69, 9.17) is 4.74 Å². The Labute approximate surface area is 111 Å². The quantitative estimate of drug-likeness (QED) is 0.847. The molecule has 0 amide bonds. The Morgan fingerprint density at radius 1 is 1.32 bits per heavy atom. The summed E-state index contributed by atoms with van der Waals surface area (Å²) in [7, 11) is 0. The van der Waals surface area contributed by atoms with Crippen LogP contribution in [0.1, 0.15) is 5.82 Å². The van der Waals surface area contributed by atoms with E-state index in [0.717, 1.165) is 56.7 Å². The van der Waals surface area contributed by atoms with Crippen molar-refractivity contribution in [1.82, 2.24) is 24.5 Å². The summed E-state index contributed by atoms with van der Waals surface area (Å²) in [5.74, 6) is 1.66. The van der Waals surface area contributed by atoms with Gasteiger partial charge >= 0.3 is 0 Å². The summed E-state index contributed by atoms with van der Waals surface area (Å²) in [6.07, 6.45) is 3.64. The molecule has 7 heteroatoms. The Bertz CT molecular complexity index is 548. The molecule has 1 N–H and O–H groups in total. The second kappa shape index (κ2) is 5.50. The smallest absolute Gasteiger partial charge is 0.203 e. The van der Waals surface area contributed by atoms with Crippen LogP contribution in [0.2, 0.25) is 0 Å². The fourth-order valence-corrected chi connectivity index (χ4v) is 2.22. The standard InChI is InChI=1S/C12H18N6O/c1-10-15-16-12-11(14-3-5-18(10)12)13-2-4-17-6-8-19-9-7-17/h3,5H,2,4,6-9H2,1H3,(H,13,14). The van der Waals surface area contributed by atoms with Crippen LogP contribution >= 0.6 is 0 Å². The average Bonchev–Trinajstić information content (AvgIpc) is 2.83. The number of aryl methyl sites for hydroxylation is 1. The molecule has 19 heavy (non-hydrogen) atoms. The molecular weight excluding hydrogens is 244 g/mol. The van der Waals surface area contributed by atoms with E-state index < -0.39 is 0 Å². The first-order valence-corrected chi connectivity index (χ1v) is 6.55. The molecule has 1 aliphatic rings. The Hall–Kier alpha value is -1.73. The van der Waals surface area contributed by atoms with Gasteiger partial charge in [0.1, 0.15) is 5.82 Å². The number of rotatable bonds is 4. The second-order valence-electron chi connectivity index (χ2n) is 4.60. The number of nitrogens with zero attached hydrogens (tertiary/aromatic N) is 5. The average molecular weight is 262 g/mol. The van der Waals surface area contributed by atoms with Gasteiger partial charge in [-0.1, -0.05) is 0 Å². The number of morpholine rings is 1. The minimum absolute atomic E-state index is 0.780. The van der Waals surface area contributed by atoms with Crippen molar-refractivity contribution in [3.8, 4) is 0 Å². The maximum absolute atomic E-state index is 5.33. The number of hydrogen-bond acceptors (Lipinski definition) is 6. The highest BCUT2D eigenvalue weighted by Crippen LogP contribution is 2.11. The Morgan fingerprint density at radius 3 is 3.00 bits per heavy atom. The van der Waals surface area contributed by atoms with Crippen molar-refractivity contribution in [3.63, 3.8) is 0 Å². The van der Waals surface area contributed by atoms with Crippen LogP contribution in [0.5, 0.6) is 0 Å². The maximum atomic E-state index is 5.33. The molecule has 0 aromatic carbocycles. The van der Waals surface area contributed by atoms with Gasteiger partial charge in [-0.05, 0) is 6.92 Å². The molecule has 2 aromatic heterocycles. The van der Waals surface area contributed by atoms with Crippen LogP contribution in [0.4, 0.5) is 5.82 Å². The van der Waals surface area contributed by atoms with Crippen LogP contribution in [0.3, 0.4) is 0 Å². The highest BCUT2D eigenvalue weighted by atomic mass is 16.5. The van der Waals surface area contributed by atoms with Crippen LogP contribution in [0.15, 0.2) is 12.4 Å². The fourth-order valence-electron chi connectivity index (χ4n) is 2.22. The molecule has 1 aliphatic heterocycles. The van der Waals surface area contributed by atoms with Gasteiger partial charge < -0.3 is 10.1 Å². The zero-order chi connectivity index (χ0) is 13.1. The van der Waals surface area contributed by atoms with Gasteiger partial charge in [-0.3, -0.25) is 9.30 Å². The van der Waals surface area contributed by atoms with E-state index in [1.165, 1.54) is 0 Å². The summed E-state index contributed by atoms with van der Waals surface area (Å²) >= 11 is 0. The number of fused-ring (bicyclic) bond motifs is 1. The van der Waals surface area contributed by atoms with Crippen molar-refractivity contribution < 1.29 is 4.74 Å². The molecule has 0 unspecified atom stereocenters. The van der Waals surface area contributed by atoms with Gasteiger partial charge in [0.2, 0.25) is 5.65 Å². The molecular formula is C12H18N6O. The first kappa shape index (κ1) is 12.3. The van der Waals surface area contributed by atoms with Gasteiger partial charge in [-0.25, -0.2) is 4.98 Å². The lowest BCUT2D eigenvalue weighted by Crippen LogP contribution is -2.39. The second-order valence-corrected chi connectivity index (χ2v) is 4.60. The zero-order valence-corrected chi connectivity index (χ0v) is 11.0. The number of anilines is 1. The largest absolute Gasteiger partial charge is 0.379 e. The Morgan fingerprint density at radius 2 is 2.16 bits per heavy atom. The minimum Gasteiger partial charge on any atom is -0.379 e. The Kier molecular flexibility index (Phi) is 3.56. The summed E-state index contributed by atoms with van der Waals surface area (Å²) in [4.78, 5) is 6.71. The summed E-state index contributed by atoms with van der Waals surface area (Å²) in [6, 6.07) is 0. The summed E-state index contributed by atoms with van der Waals surface area (Å²) in [6.45, 7) is 7.43. The fraction of sp³-hybridized carbons (Fsp3) is 0.583. The van der Waals surface area contributed by atoms with Crippen LogP contribution in [-0.2, 0) is 4.74 Å². The van der Waals surface area contributed by atoms with E-state index in [9.17, 15) is 0 Å².